The number of ether oxygens (including phenoxy) is 4. The average molecular weight is 392 g/mol. The molecule has 0 radical (unpaired) electrons. The zero-order chi connectivity index (χ0) is 20.7. The summed E-state index contributed by atoms with van der Waals surface area (Å²) < 4.78 is 34.4. The minimum atomic E-state index is -1.05. The molecule has 0 aliphatic rings. The number of benzene rings is 2. The molecular weight excluding hydrogens is 371 g/mol. The molecule has 0 aromatic heterocycles. The number of rotatable bonds is 7. The first-order valence-corrected chi connectivity index (χ1v) is 8.22. The first-order valence-electron chi connectivity index (χ1n) is 8.22. The molecule has 28 heavy (non-hydrogen) atoms. The van der Waals surface area contributed by atoms with Gasteiger partial charge in [-0.1, -0.05) is 12.1 Å². The van der Waals surface area contributed by atoms with Gasteiger partial charge in [-0.05, 0) is 19.1 Å². The molecule has 0 heterocycles. The Morgan fingerprint density at radius 1 is 0.893 bits per heavy atom. The molecule has 0 unspecified atom stereocenters. The normalized spacial score (nSPS) is 11.2. The van der Waals surface area contributed by atoms with Gasteiger partial charge < -0.3 is 18.9 Å². The fraction of sp³-hybridized carbons (Fsp3) is 0.263. The third-order valence-electron chi connectivity index (χ3n) is 3.76. The smallest absolute Gasteiger partial charge is 0.279 e. The first kappa shape index (κ1) is 20.8. The zero-order valence-electron chi connectivity index (χ0n) is 15.9. The molecular formula is C19H21FN2O6. The summed E-state index contributed by atoms with van der Waals surface area (Å²) in [4.78, 5) is 24.6. The van der Waals surface area contributed by atoms with Gasteiger partial charge in [0.25, 0.3) is 11.8 Å². The van der Waals surface area contributed by atoms with E-state index >= 15 is 0 Å². The number of hydrazine groups is 1. The number of amides is 2. The van der Waals surface area contributed by atoms with Gasteiger partial charge in [0.05, 0.1) is 26.9 Å². The van der Waals surface area contributed by atoms with Crippen molar-refractivity contribution in [1.29, 1.82) is 0 Å². The molecule has 2 aromatic carbocycles. The van der Waals surface area contributed by atoms with E-state index in [1.807, 2.05) is 0 Å². The first-order chi connectivity index (χ1) is 13.4. The van der Waals surface area contributed by atoms with Crippen LogP contribution < -0.4 is 29.8 Å². The van der Waals surface area contributed by atoms with Gasteiger partial charge in [-0.2, -0.15) is 0 Å². The van der Waals surface area contributed by atoms with Gasteiger partial charge in [0, 0.05) is 12.1 Å². The fourth-order valence-electron chi connectivity index (χ4n) is 2.28. The van der Waals surface area contributed by atoms with Gasteiger partial charge in [0.1, 0.15) is 5.75 Å². The van der Waals surface area contributed by atoms with Gasteiger partial charge in [-0.15, -0.1) is 0 Å². The molecule has 2 N–H and O–H groups in total. The highest BCUT2D eigenvalue weighted by Gasteiger charge is 2.20. The Hall–Kier alpha value is -3.49. The van der Waals surface area contributed by atoms with Crippen molar-refractivity contribution < 1.29 is 32.9 Å². The Balaban J connectivity index is 2.05. The molecule has 0 saturated heterocycles. The molecule has 1 atom stereocenters. The summed E-state index contributed by atoms with van der Waals surface area (Å²) in [5.41, 5.74) is 4.59. The van der Waals surface area contributed by atoms with E-state index in [0.717, 1.165) is 0 Å². The number of hydrogen-bond donors (Lipinski definition) is 2. The predicted molar refractivity (Wildman–Crippen MR) is 98.2 cm³/mol. The largest absolute Gasteiger partial charge is 0.496 e. The average Bonchev–Trinajstić information content (AvgIpc) is 2.72. The second kappa shape index (κ2) is 9.45. The number of para-hydroxylation sites is 1. The molecule has 0 aliphatic carbocycles. The highest BCUT2D eigenvalue weighted by atomic mass is 19.1. The van der Waals surface area contributed by atoms with Crippen LogP contribution in [0.3, 0.4) is 0 Å². The Morgan fingerprint density at radius 2 is 1.50 bits per heavy atom. The van der Waals surface area contributed by atoms with Crippen LogP contribution in [0.5, 0.6) is 23.0 Å². The maximum Gasteiger partial charge on any atom is 0.279 e. The molecule has 150 valence electrons. The molecule has 0 aliphatic heterocycles. The van der Waals surface area contributed by atoms with Crippen molar-refractivity contribution in [3.63, 3.8) is 0 Å². The van der Waals surface area contributed by atoms with Crippen LogP contribution in [0.25, 0.3) is 0 Å². The second-order valence-corrected chi connectivity index (χ2v) is 5.54. The Labute approximate surface area is 161 Å². The van der Waals surface area contributed by atoms with Crippen LogP contribution in [0.2, 0.25) is 0 Å². The molecule has 8 nitrogen and oxygen atoms in total. The second-order valence-electron chi connectivity index (χ2n) is 5.54. The number of carbonyl (C=O) groups is 2. The van der Waals surface area contributed by atoms with E-state index in [0.29, 0.717) is 11.5 Å². The molecule has 9 heteroatoms. The van der Waals surface area contributed by atoms with E-state index in [-0.39, 0.29) is 17.1 Å². The summed E-state index contributed by atoms with van der Waals surface area (Å²) in [5, 5.41) is 0. The molecule has 0 bridgehead atoms. The summed E-state index contributed by atoms with van der Waals surface area (Å²) in [6.45, 7) is 1.42. The predicted octanol–water partition coefficient (Wildman–Crippen LogP) is 2.08. The van der Waals surface area contributed by atoms with E-state index in [9.17, 15) is 14.0 Å². The van der Waals surface area contributed by atoms with E-state index in [1.165, 1.54) is 58.6 Å². The molecule has 2 amide bonds. The van der Waals surface area contributed by atoms with Crippen LogP contribution in [0.1, 0.15) is 17.3 Å². The van der Waals surface area contributed by atoms with Crippen molar-refractivity contribution in [2.24, 2.45) is 0 Å². The van der Waals surface area contributed by atoms with Gasteiger partial charge in [-0.25, -0.2) is 4.39 Å². The number of nitrogens with one attached hydrogen (secondary N) is 2. The van der Waals surface area contributed by atoms with Gasteiger partial charge in [0.2, 0.25) is 0 Å². The number of carbonyl (C=O) groups excluding carboxylic acids is 2. The molecule has 2 aromatic rings. The Kier molecular flexibility index (Phi) is 7.02. The molecule has 0 spiro atoms. The Bertz CT molecular complexity index is 858. The lowest BCUT2D eigenvalue weighted by molar-refractivity contribution is -0.128. The maximum absolute atomic E-state index is 13.6. The highest BCUT2D eigenvalue weighted by molar-refractivity contribution is 5.99. The quantitative estimate of drug-likeness (QED) is 0.701. The van der Waals surface area contributed by atoms with Crippen LogP contribution in [-0.2, 0) is 4.79 Å². The van der Waals surface area contributed by atoms with Crippen LogP contribution in [0.4, 0.5) is 4.39 Å². The van der Waals surface area contributed by atoms with Gasteiger partial charge in [0.15, 0.2) is 29.2 Å². The van der Waals surface area contributed by atoms with Gasteiger partial charge in [-0.3, -0.25) is 20.4 Å². The SMILES string of the molecule is COc1cc(OC)c(C(=O)NNC(=O)[C@@H](C)Oc2ccccc2F)cc1OC. The van der Waals surface area contributed by atoms with Gasteiger partial charge >= 0.3 is 0 Å². The van der Waals surface area contributed by atoms with E-state index in [1.54, 1.807) is 6.07 Å². The van der Waals surface area contributed by atoms with Crippen molar-refractivity contribution in [1.82, 2.24) is 10.9 Å². The van der Waals surface area contributed by atoms with Crippen molar-refractivity contribution in [2.75, 3.05) is 21.3 Å². The summed E-state index contributed by atoms with van der Waals surface area (Å²) in [5.74, 6) is -1.07. The number of hydrogen-bond acceptors (Lipinski definition) is 6. The number of methoxy groups -OCH3 is 3. The van der Waals surface area contributed by atoms with Crippen LogP contribution in [0.15, 0.2) is 36.4 Å². The summed E-state index contributed by atoms with van der Waals surface area (Å²) in [7, 11) is 4.27. The third-order valence-corrected chi connectivity index (χ3v) is 3.76. The summed E-state index contributed by atoms with van der Waals surface area (Å²) >= 11 is 0. The van der Waals surface area contributed by atoms with Crippen molar-refractivity contribution >= 4 is 11.8 Å². The van der Waals surface area contributed by atoms with E-state index in [2.05, 4.69) is 10.9 Å². The Morgan fingerprint density at radius 3 is 2.11 bits per heavy atom. The molecule has 0 fully saturated rings. The van der Waals surface area contributed by atoms with Crippen molar-refractivity contribution in [3.05, 3.63) is 47.8 Å². The van der Waals surface area contributed by atoms with Crippen molar-refractivity contribution in [3.8, 4) is 23.0 Å². The molecule has 0 saturated carbocycles. The fourth-order valence-corrected chi connectivity index (χ4v) is 2.28. The standard InChI is InChI=1S/C19H21FN2O6/c1-11(28-14-8-6-5-7-13(14)20)18(23)21-22-19(24)12-9-16(26-3)17(27-4)10-15(12)25-2/h5-11H,1-4H3,(H,21,23)(H,22,24)/t11-/m1/s1. The summed E-state index contributed by atoms with van der Waals surface area (Å²) in [6, 6.07) is 8.59. The lowest BCUT2D eigenvalue weighted by Crippen LogP contribution is -2.47. The lowest BCUT2D eigenvalue weighted by atomic mass is 10.1. The maximum atomic E-state index is 13.6. The van der Waals surface area contributed by atoms with E-state index in [4.69, 9.17) is 18.9 Å². The van der Waals surface area contributed by atoms with Crippen LogP contribution in [-0.4, -0.2) is 39.2 Å². The van der Waals surface area contributed by atoms with E-state index < -0.39 is 23.7 Å². The third kappa shape index (κ3) is 4.81. The minimum Gasteiger partial charge on any atom is -0.496 e. The van der Waals surface area contributed by atoms with Crippen LogP contribution >= 0.6 is 0 Å². The molecule has 2 rings (SSSR count). The highest BCUT2D eigenvalue weighted by Crippen LogP contribution is 2.34. The van der Waals surface area contributed by atoms with Crippen LogP contribution in [0, 0.1) is 5.82 Å². The zero-order valence-corrected chi connectivity index (χ0v) is 15.9. The topological polar surface area (TPSA) is 95.1 Å². The number of halogens is 1. The summed E-state index contributed by atoms with van der Waals surface area (Å²) in [6.07, 6.45) is -1.05. The van der Waals surface area contributed by atoms with Crippen molar-refractivity contribution in [2.45, 2.75) is 13.0 Å². The monoisotopic (exact) mass is 392 g/mol. The minimum absolute atomic E-state index is 0.0713. The lowest BCUT2D eigenvalue weighted by Gasteiger charge is -2.17.